The van der Waals surface area contributed by atoms with Gasteiger partial charge in [-0.05, 0) is 12.8 Å². The van der Waals surface area contributed by atoms with Gasteiger partial charge in [0.25, 0.3) is 0 Å². The highest BCUT2D eigenvalue weighted by molar-refractivity contribution is 7.92. The molecular formula is C7H14N4O2S. The molecule has 14 heavy (non-hydrogen) atoms. The summed E-state index contributed by atoms with van der Waals surface area (Å²) in [6.45, 7) is 0. The van der Waals surface area contributed by atoms with Crippen LogP contribution in [0.3, 0.4) is 0 Å². The number of guanidine groups is 1. The lowest BCUT2D eigenvalue weighted by atomic mass is 10.4. The van der Waals surface area contributed by atoms with Crippen LogP contribution in [-0.2, 0) is 9.84 Å². The molecule has 7 heteroatoms. The van der Waals surface area contributed by atoms with Crippen LogP contribution < -0.4 is 16.6 Å². The van der Waals surface area contributed by atoms with Crippen molar-refractivity contribution in [1.29, 1.82) is 0 Å². The molecule has 0 spiro atoms. The van der Waals surface area contributed by atoms with Gasteiger partial charge in [0.1, 0.15) is 0 Å². The number of rotatable bonds is 2. The van der Waals surface area contributed by atoms with Crippen LogP contribution in [0.4, 0.5) is 0 Å². The highest BCUT2D eigenvalue weighted by Gasteiger charge is 2.34. The van der Waals surface area contributed by atoms with E-state index in [1.807, 2.05) is 0 Å². The molecular weight excluding hydrogens is 204 g/mol. The van der Waals surface area contributed by atoms with Crippen LogP contribution in [0, 0.1) is 0 Å². The fraction of sp³-hybridized carbons (Fsp3) is 0.857. The van der Waals surface area contributed by atoms with Crippen LogP contribution in [0.1, 0.15) is 12.8 Å². The molecule has 1 saturated carbocycles. The van der Waals surface area contributed by atoms with Crippen molar-refractivity contribution >= 4 is 15.8 Å². The van der Waals surface area contributed by atoms with E-state index in [0.717, 1.165) is 12.8 Å². The Balaban J connectivity index is 1.84. The first-order valence-electron chi connectivity index (χ1n) is 4.60. The number of aliphatic imine (C=N–C) groups is 1. The average molecular weight is 218 g/mol. The van der Waals surface area contributed by atoms with Crippen LogP contribution >= 0.6 is 0 Å². The van der Waals surface area contributed by atoms with Crippen molar-refractivity contribution < 1.29 is 8.42 Å². The summed E-state index contributed by atoms with van der Waals surface area (Å²) in [5.41, 5.74) is 2.44. The van der Waals surface area contributed by atoms with Gasteiger partial charge >= 0.3 is 0 Å². The Bertz CT molecular complexity index is 335. The number of hydrogen-bond donors (Lipinski definition) is 3. The second-order valence-corrected chi connectivity index (χ2v) is 5.93. The second kappa shape index (κ2) is 3.39. The summed E-state index contributed by atoms with van der Waals surface area (Å²) in [5.74, 6) is 6.12. The molecule has 0 amide bonds. The van der Waals surface area contributed by atoms with Crippen LogP contribution in [0.25, 0.3) is 0 Å². The fourth-order valence-corrected chi connectivity index (χ4v) is 2.64. The van der Waals surface area contributed by atoms with Crippen molar-refractivity contribution in [2.75, 3.05) is 11.5 Å². The molecule has 1 aliphatic heterocycles. The Morgan fingerprint density at radius 2 is 2.00 bits per heavy atom. The normalized spacial score (nSPS) is 26.8. The zero-order chi connectivity index (χ0) is 10.2. The van der Waals surface area contributed by atoms with E-state index in [0.29, 0.717) is 12.0 Å². The second-order valence-electron chi connectivity index (χ2n) is 3.77. The third-order valence-corrected chi connectivity index (χ3v) is 4.07. The van der Waals surface area contributed by atoms with E-state index in [1.165, 1.54) is 0 Å². The molecule has 0 aromatic rings. The van der Waals surface area contributed by atoms with Crippen molar-refractivity contribution in [3.63, 3.8) is 0 Å². The summed E-state index contributed by atoms with van der Waals surface area (Å²) < 4.78 is 21.7. The fourth-order valence-electron chi connectivity index (χ4n) is 1.34. The Hall–Kier alpha value is -0.820. The number of hydrazine groups is 1. The highest BCUT2D eigenvalue weighted by Crippen LogP contribution is 2.23. The monoisotopic (exact) mass is 218 g/mol. The molecule has 2 rings (SSSR count). The summed E-state index contributed by atoms with van der Waals surface area (Å²) in [6.07, 6.45) is 2.19. The van der Waals surface area contributed by atoms with E-state index in [2.05, 4.69) is 15.7 Å². The first-order valence-corrected chi connectivity index (χ1v) is 6.42. The van der Waals surface area contributed by atoms with Gasteiger partial charge < -0.3 is 5.32 Å². The van der Waals surface area contributed by atoms with Crippen molar-refractivity contribution in [2.24, 2.45) is 10.8 Å². The maximum atomic E-state index is 10.9. The van der Waals surface area contributed by atoms with E-state index in [-0.39, 0.29) is 17.5 Å². The predicted octanol–water partition coefficient (Wildman–Crippen LogP) is -1.65. The number of nitrogens with zero attached hydrogens (tertiary/aromatic N) is 1. The zero-order valence-electron chi connectivity index (χ0n) is 7.73. The third-order valence-electron chi connectivity index (χ3n) is 2.25. The first-order chi connectivity index (χ1) is 6.59. The lowest BCUT2D eigenvalue weighted by Gasteiger charge is -2.27. The van der Waals surface area contributed by atoms with Gasteiger partial charge in [-0.25, -0.2) is 19.3 Å². The highest BCUT2D eigenvalue weighted by atomic mass is 32.2. The van der Waals surface area contributed by atoms with Gasteiger partial charge in [0, 0.05) is 0 Å². The van der Waals surface area contributed by atoms with Gasteiger partial charge in [0.05, 0.1) is 23.6 Å². The maximum Gasteiger partial charge on any atom is 0.206 e. The molecule has 0 aromatic carbocycles. The van der Waals surface area contributed by atoms with Crippen molar-refractivity contribution in [1.82, 2.24) is 10.7 Å². The minimum atomic E-state index is -2.78. The molecule has 0 unspecified atom stereocenters. The lowest BCUT2D eigenvalue weighted by molar-refractivity contribution is 0.547. The lowest BCUT2D eigenvalue weighted by Crippen LogP contribution is -2.57. The molecule has 1 aliphatic carbocycles. The number of sulfone groups is 1. The number of hydrogen-bond acceptors (Lipinski definition) is 4. The summed E-state index contributed by atoms with van der Waals surface area (Å²) in [5, 5.41) is 2.96. The van der Waals surface area contributed by atoms with Crippen LogP contribution in [-0.4, -0.2) is 38.0 Å². The number of nitrogens with one attached hydrogen (secondary N) is 2. The number of nitrogens with two attached hydrogens (primary N) is 1. The van der Waals surface area contributed by atoms with Crippen molar-refractivity contribution in [3.05, 3.63) is 0 Å². The molecule has 1 saturated heterocycles. The minimum Gasteiger partial charge on any atom is -0.351 e. The van der Waals surface area contributed by atoms with Gasteiger partial charge in [-0.3, -0.25) is 5.43 Å². The van der Waals surface area contributed by atoms with Gasteiger partial charge in [-0.1, -0.05) is 0 Å². The Morgan fingerprint density at radius 1 is 1.36 bits per heavy atom. The third kappa shape index (κ3) is 2.36. The zero-order valence-corrected chi connectivity index (χ0v) is 8.55. The smallest absolute Gasteiger partial charge is 0.206 e. The van der Waals surface area contributed by atoms with E-state index in [9.17, 15) is 8.42 Å². The molecule has 6 nitrogen and oxygen atoms in total. The first kappa shape index (κ1) is 9.72. The van der Waals surface area contributed by atoms with Crippen LogP contribution in [0.5, 0.6) is 0 Å². The Labute approximate surface area is 82.8 Å². The maximum absolute atomic E-state index is 10.9. The molecule has 2 aliphatic rings. The molecule has 2 fully saturated rings. The molecule has 0 bridgehead atoms. The molecule has 0 aromatic heterocycles. The molecule has 4 N–H and O–H groups in total. The quantitative estimate of drug-likeness (QED) is 0.223. The topological polar surface area (TPSA) is 96.6 Å². The summed E-state index contributed by atoms with van der Waals surface area (Å²) in [4.78, 5) is 4.25. The molecule has 0 radical (unpaired) electrons. The SMILES string of the molecule is NNC(=NC1CC1)NC1CS(=O)(=O)C1. The molecule has 1 heterocycles. The van der Waals surface area contributed by atoms with Gasteiger partial charge in [-0.2, -0.15) is 0 Å². The van der Waals surface area contributed by atoms with E-state index < -0.39 is 9.84 Å². The van der Waals surface area contributed by atoms with Crippen LogP contribution in [0.2, 0.25) is 0 Å². The predicted molar refractivity (Wildman–Crippen MR) is 53.4 cm³/mol. The average Bonchev–Trinajstić information content (AvgIpc) is 2.83. The van der Waals surface area contributed by atoms with Crippen LogP contribution in [0.15, 0.2) is 4.99 Å². The largest absolute Gasteiger partial charge is 0.351 e. The Kier molecular flexibility index (Phi) is 2.36. The van der Waals surface area contributed by atoms with Crippen molar-refractivity contribution in [3.8, 4) is 0 Å². The van der Waals surface area contributed by atoms with E-state index in [1.54, 1.807) is 0 Å². The minimum absolute atomic E-state index is 0.0338. The standard InChI is InChI=1S/C7H14N4O2S/c8-11-7(9-5-1-2-5)10-6-3-14(12,13)4-6/h5-6H,1-4,8H2,(H2,9,10,11). The van der Waals surface area contributed by atoms with Crippen molar-refractivity contribution in [2.45, 2.75) is 24.9 Å². The summed E-state index contributed by atoms with van der Waals surface area (Å²) >= 11 is 0. The molecule has 80 valence electrons. The van der Waals surface area contributed by atoms with E-state index >= 15 is 0 Å². The van der Waals surface area contributed by atoms with Gasteiger partial charge in [0.15, 0.2) is 9.84 Å². The molecule has 0 atom stereocenters. The Morgan fingerprint density at radius 3 is 2.43 bits per heavy atom. The summed E-state index contributed by atoms with van der Waals surface area (Å²) in [6, 6.07) is 0.332. The van der Waals surface area contributed by atoms with Gasteiger partial charge in [0.2, 0.25) is 5.96 Å². The van der Waals surface area contributed by atoms with E-state index in [4.69, 9.17) is 5.84 Å². The summed E-state index contributed by atoms with van der Waals surface area (Å²) in [7, 11) is -2.78. The van der Waals surface area contributed by atoms with Gasteiger partial charge in [-0.15, -0.1) is 0 Å².